The number of hydrogen-bond acceptors (Lipinski definition) is 1. The monoisotopic (exact) mass is 295 g/mol. The first-order chi connectivity index (χ1) is 9.39. The van der Waals surface area contributed by atoms with Crippen molar-refractivity contribution in [1.82, 2.24) is 0 Å². The minimum atomic E-state index is -0.608. The summed E-state index contributed by atoms with van der Waals surface area (Å²) in [6.07, 6.45) is 14.4. The summed E-state index contributed by atoms with van der Waals surface area (Å²) in [5.41, 5.74) is 0.448. The molecule has 0 N–H and O–H groups in total. The Morgan fingerprint density at radius 3 is 2.30 bits per heavy atom. The molecule has 0 saturated heterocycles. The molecular formula is C18H35OSi. The van der Waals surface area contributed by atoms with E-state index in [0.29, 0.717) is 5.41 Å². The van der Waals surface area contributed by atoms with Crippen LogP contribution < -0.4 is 0 Å². The van der Waals surface area contributed by atoms with Crippen LogP contribution in [0.2, 0.25) is 13.1 Å². The van der Waals surface area contributed by atoms with Crippen LogP contribution in [0.1, 0.15) is 78.6 Å². The van der Waals surface area contributed by atoms with Gasteiger partial charge in [-0.15, -0.1) is 0 Å². The van der Waals surface area contributed by atoms with Crippen molar-refractivity contribution >= 4 is 9.04 Å². The van der Waals surface area contributed by atoms with Crippen molar-refractivity contribution in [2.45, 2.75) is 91.7 Å². The molecule has 20 heavy (non-hydrogen) atoms. The highest BCUT2D eigenvalue weighted by atomic mass is 28.3. The first kappa shape index (κ1) is 17.8. The van der Waals surface area contributed by atoms with Gasteiger partial charge in [0, 0.05) is 6.42 Å². The Kier molecular flexibility index (Phi) is 7.94. The fourth-order valence-electron chi connectivity index (χ4n) is 3.13. The summed E-state index contributed by atoms with van der Waals surface area (Å²) < 4.78 is 6.08. The van der Waals surface area contributed by atoms with Crippen molar-refractivity contribution in [3.05, 3.63) is 11.8 Å². The van der Waals surface area contributed by atoms with Gasteiger partial charge >= 0.3 is 0 Å². The zero-order chi connectivity index (χ0) is 15.0. The second-order valence-electron chi connectivity index (χ2n) is 7.63. The zero-order valence-corrected chi connectivity index (χ0v) is 15.4. The van der Waals surface area contributed by atoms with Gasteiger partial charge < -0.3 is 4.43 Å². The molecule has 0 bridgehead atoms. The first-order valence-electron chi connectivity index (χ1n) is 8.56. The van der Waals surface area contributed by atoms with E-state index in [9.17, 15) is 0 Å². The summed E-state index contributed by atoms with van der Waals surface area (Å²) in [6, 6.07) is 0. The Morgan fingerprint density at radius 1 is 1.00 bits per heavy atom. The fraction of sp³-hybridized carbons (Fsp3) is 0.889. The lowest BCUT2D eigenvalue weighted by molar-refractivity contribution is 0.206. The lowest BCUT2D eigenvalue weighted by atomic mass is 9.75. The molecule has 0 heterocycles. The van der Waals surface area contributed by atoms with Crippen LogP contribution in [0.25, 0.3) is 0 Å². The number of hydrogen-bond donors (Lipinski definition) is 0. The average molecular weight is 296 g/mol. The quantitative estimate of drug-likeness (QED) is 0.541. The normalized spacial score (nSPS) is 26.3. The molecule has 0 amide bonds. The van der Waals surface area contributed by atoms with Crippen LogP contribution in [0, 0.1) is 11.3 Å². The smallest absolute Gasteiger partial charge is 0.273 e. The minimum Gasteiger partial charge on any atom is -0.546 e. The third-order valence-electron chi connectivity index (χ3n) is 4.42. The highest BCUT2D eigenvalue weighted by molar-refractivity contribution is 6.48. The van der Waals surface area contributed by atoms with Crippen molar-refractivity contribution in [3.63, 3.8) is 0 Å². The van der Waals surface area contributed by atoms with Gasteiger partial charge in [0.25, 0.3) is 9.04 Å². The van der Waals surface area contributed by atoms with Crippen molar-refractivity contribution in [2.75, 3.05) is 0 Å². The first-order valence-corrected chi connectivity index (χ1v) is 11.0. The van der Waals surface area contributed by atoms with Gasteiger partial charge in [0.15, 0.2) is 0 Å². The van der Waals surface area contributed by atoms with Crippen molar-refractivity contribution in [1.29, 1.82) is 0 Å². The van der Waals surface area contributed by atoms with Gasteiger partial charge in [-0.2, -0.15) is 0 Å². The van der Waals surface area contributed by atoms with Gasteiger partial charge in [0.2, 0.25) is 0 Å². The Labute approximate surface area is 128 Å². The predicted octanol–water partition coefficient (Wildman–Crippen LogP) is 6.32. The Hall–Kier alpha value is -0.243. The second kappa shape index (κ2) is 8.91. The summed E-state index contributed by atoms with van der Waals surface area (Å²) in [4.78, 5) is 0. The highest BCUT2D eigenvalue weighted by Gasteiger charge is 2.23. The molecule has 0 fully saturated rings. The lowest BCUT2D eigenvalue weighted by Crippen LogP contribution is -2.20. The van der Waals surface area contributed by atoms with Crippen molar-refractivity contribution < 1.29 is 4.43 Å². The minimum absolute atomic E-state index is 0.448. The molecule has 0 saturated carbocycles. The number of rotatable bonds is 2. The highest BCUT2D eigenvalue weighted by Crippen LogP contribution is 2.34. The van der Waals surface area contributed by atoms with E-state index in [2.05, 4.69) is 39.9 Å². The molecule has 1 aliphatic carbocycles. The maximum Gasteiger partial charge on any atom is 0.273 e. The molecule has 1 radical (unpaired) electrons. The van der Waals surface area contributed by atoms with Gasteiger partial charge in [-0.05, 0) is 56.2 Å². The Morgan fingerprint density at radius 2 is 1.65 bits per heavy atom. The van der Waals surface area contributed by atoms with Crippen LogP contribution >= 0.6 is 0 Å². The van der Waals surface area contributed by atoms with E-state index >= 15 is 0 Å². The van der Waals surface area contributed by atoms with Crippen molar-refractivity contribution in [2.24, 2.45) is 11.3 Å². The van der Waals surface area contributed by atoms with Gasteiger partial charge in [-0.1, -0.05) is 46.5 Å². The molecule has 1 aliphatic rings. The zero-order valence-electron chi connectivity index (χ0n) is 14.4. The third-order valence-corrected chi connectivity index (χ3v) is 5.09. The summed E-state index contributed by atoms with van der Waals surface area (Å²) in [5.74, 6) is 2.14. The van der Waals surface area contributed by atoms with Crippen molar-refractivity contribution in [3.8, 4) is 0 Å². The predicted molar refractivity (Wildman–Crippen MR) is 91.1 cm³/mol. The molecule has 1 atom stereocenters. The van der Waals surface area contributed by atoms with Crippen LogP contribution in [0.4, 0.5) is 0 Å². The largest absolute Gasteiger partial charge is 0.546 e. The van der Waals surface area contributed by atoms with E-state index in [1.54, 1.807) is 0 Å². The van der Waals surface area contributed by atoms with E-state index in [-0.39, 0.29) is 0 Å². The standard InChI is InChI=1S/C18H35OSi/c1-18(2,3)16-12-9-7-6-8-10-14-17(15-11-13-16)19-20(4)5/h15-16H,6-14H2,1-5H3/b17-15+. The molecule has 0 aliphatic heterocycles. The van der Waals surface area contributed by atoms with Crippen LogP contribution in [0.3, 0.4) is 0 Å². The van der Waals surface area contributed by atoms with E-state index in [1.807, 2.05) is 0 Å². The van der Waals surface area contributed by atoms with Crippen LogP contribution in [0.5, 0.6) is 0 Å². The molecule has 1 nitrogen and oxygen atoms in total. The van der Waals surface area contributed by atoms with Gasteiger partial charge in [-0.25, -0.2) is 0 Å². The van der Waals surface area contributed by atoms with Crippen LogP contribution in [-0.4, -0.2) is 9.04 Å². The lowest BCUT2D eigenvalue weighted by Gasteiger charge is -2.31. The van der Waals surface area contributed by atoms with E-state index in [1.165, 1.54) is 57.1 Å². The molecule has 0 aromatic rings. The van der Waals surface area contributed by atoms with Gasteiger partial charge in [-0.3, -0.25) is 0 Å². The molecule has 0 aromatic heterocycles. The summed E-state index contributed by atoms with van der Waals surface area (Å²) in [7, 11) is -0.608. The summed E-state index contributed by atoms with van der Waals surface area (Å²) in [5, 5.41) is 0. The molecule has 2 heteroatoms. The molecule has 1 rings (SSSR count). The number of allylic oxidation sites excluding steroid dienone is 2. The fourth-order valence-corrected chi connectivity index (χ4v) is 3.84. The van der Waals surface area contributed by atoms with Gasteiger partial charge in [0.05, 0.1) is 5.76 Å². The van der Waals surface area contributed by atoms with Crippen LogP contribution in [0.15, 0.2) is 11.8 Å². The molecule has 1 unspecified atom stereocenters. The summed E-state index contributed by atoms with van der Waals surface area (Å²) >= 11 is 0. The van der Waals surface area contributed by atoms with E-state index in [4.69, 9.17) is 4.43 Å². The average Bonchev–Trinajstić information content (AvgIpc) is 2.30. The topological polar surface area (TPSA) is 9.23 Å². The van der Waals surface area contributed by atoms with Crippen LogP contribution in [-0.2, 0) is 4.43 Å². The third kappa shape index (κ3) is 7.52. The molecular weight excluding hydrogens is 260 g/mol. The van der Waals surface area contributed by atoms with Gasteiger partial charge in [0.1, 0.15) is 0 Å². The maximum absolute atomic E-state index is 6.08. The Balaban J connectivity index is 2.64. The molecule has 0 spiro atoms. The molecule has 0 aromatic carbocycles. The maximum atomic E-state index is 6.08. The van der Waals surface area contributed by atoms with E-state index < -0.39 is 9.04 Å². The Bertz CT molecular complexity index is 288. The van der Waals surface area contributed by atoms with E-state index in [0.717, 1.165) is 12.3 Å². The summed E-state index contributed by atoms with van der Waals surface area (Å²) in [6.45, 7) is 11.7. The SMILES string of the molecule is C[Si](C)O/C1=C/CCC(C(C)(C)C)CCCCCCC1. The second-order valence-corrected chi connectivity index (χ2v) is 9.65. The molecule has 117 valence electrons.